The van der Waals surface area contributed by atoms with E-state index in [1.54, 1.807) is 13.8 Å². The van der Waals surface area contributed by atoms with Gasteiger partial charge in [0.25, 0.3) is 0 Å². The predicted molar refractivity (Wildman–Crippen MR) is 60.9 cm³/mol. The number of ether oxygens (including phenoxy) is 1. The molecule has 1 aromatic carbocycles. The Morgan fingerprint density at radius 1 is 1.38 bits per heavy atom. The number of carbonyl (C=O) groups excluding carboxylic acids is 1. The lowest BCUT2D eigenvalue weighted by atomic mass is 10.2. The van der Waals surface area contributed by atoms with Crippen molar-refractivity contribution in [2.75, 3.05) is 0 Å². The van der Waals surface area contributed by atoms with Crippen molar-refractivity contribution in [3.63, 3.8) is 0 Å². The highest BCUT2D eigenvalue weighted by atomic mass is 16.5. The van der Waals surface area contributed by atoms with Crippen LogP contribution < -0.4 is 5.32 Å². The maximum Gasteiger partial charge on any atom is 0.407 e. The van der Waals surface area contributed by atoms with E-state index in [9.17, 15) is 9.90 Å². The Balaban J connectivity index is 2.31. The van der Waals surface area contributed by atoms with E-state index in [1.807, 2.05) is 30.3 Å². The first kappa shape index (κ1) is 12.5. The molecule has 0 aliphatic heterocycles. The quantitative estimate of drug-likeness (QED) is 0.816. The van der Waals surface area contributed by atoms with Crippen LogP contribution in [0.4, 0.5) is 4.79 Å². The average molecular weight is 223 g/mol. The van der Waals surface area contributed by atoms with Crippen LogP contribution in [0.15, 0.2) is 30.3 Å². The van der Waals surface area contributed by atoms with Gasteiger partial charge in [0.15, 0.2) is 0 Å². The van der Waals surface area contributed by atoms with Crippen LogP contribution in [0.5, 0.6) is 0 Å². The van der Waals surface area contributed by atoms with Crippen molar-refractivity contribution >= 4 is 6.09 Å². The zero-order chi connectivity index (χ0) is 12.0. The largest absolute Gasteiger partial charge is 0.445 e. The molecule has 0 heterocycles. The molecular formula is C12H17NO3. The molecule has 1 amide bonds. The standard InChI is InChI=1S/C12H17NO3/c1-9(10(2)14)13-12(15)16-8-11-6-4-3-5-7-11/h3-7,9-10,14H,8H2,1-2H3,(H,13,15)/t9-,10+/m0/s1. The molecule has 4 nitrogen and oxygen atoms in total. The van der Waals surface area contributed by atoms with Crippen molar-refractivity contribution in [3.8, 4) is 0 Å². The van der Waals surface area contributed by atoms with Gasteiger partial charge in [-0.2, -0.15) is 0 Å². The van der Waals surface area contributed by atoms with Gasteiger partial charge in [0.2, 0.25) is 0 Å². The third-order valence-electron chi connectivity index (χ3n) is 2.28. The fourth-order valence-electron chi connectivity index (χ4n) is 1.07. The smallest absolute Gasteiger partial charge is 0.407 e. The van der Waals surface area contributed by atoms with Crippen LogP contribution in [-0.2, 0) is 11.3 Å². The number of aliphatic hydroxyl groups excluding tert-OH is 1. The summed E-state index contributed by atoms with van der Waals surface area (Å²) in [6.07, 6.45) is -1.11. The van der Waals surface area contributed by atoms with Crippen molar-refractivity contribution in [2.24, 2.45) is 0 Å². The number of hydrogen-bond donors (Lipinski definition) is 2. The third-order valence-corrected chi connectivity index (χ3v) is 2.28. The number of rotatable bonds is 4. The summed E-state index contributed by atoms with van der Waals surface area (Å²) in [7, 11) is 0. The maximum atomic E-state index is 11.3. The second-order valence-electron chi connectivity index (χ2n) is 3.74. The van der Waals surface area contributed by atoms with Crippen LogP contribution in [0.1, 0.15) is 19.4 Å². The molecule has 0 saturated heterocycles. The first-order valence-electron chi connectivity index (χ1n) is 5.25. The van der Waals surface area contributed by atoms with Gasteiger partial charge in [-0.1, -0.05) is 30.3 Å². The molecule has 88 valence electrons. The van der Waals surface area contributed by atoms with Gasteiger partial charge in [-0.05, 0) is 19.4 Å². The van der Waals surface area contributed by atoms with E-state index in [1.165, 1.54) is 0 Å². The SMILES string of the molecule is C[C@H](NC(=O)OCc1ccccc1)[C@@H](C)O. The number of benzene rings is 1. The van der Waals surface area contributed by atoms with E-state index in [0.29, 0.717) is 0 Å². The Labute approximate surface area is 95.2 Å². The van der Waals surface area contributed by atoms with E-state index in [2.05, 4.69) is 5.32 Å². The number of carbonyl (C=O) groups is 1. The van der Waals surface area contributed by atoms with Gasteiger partial charge in [0, 0.05) is 0 Å². The minimum absolute atomic E-state index is 0.235. The Bertz CT molecular complexity index is 324. The van der Waals surface area contributed by atoms with Crippen molar-refractivity contribution in [2.45, 2.75) is 32.6 Å². The van der Waals surface area contributed by atoms with Gasteiger partial charge in [-0.15, -0.1) is 0 Å². The number of amides is 1. The second-order valence-corrected chi connectivity index (χ2v) is 3.74. The number of hydrogen-bond acceptors (Lipinski definition) is 3. The Hall–Kier alpha value is -1.55. The van der Waals surface area contributed by atoms with Crippen LogP contribution in [0.2, 0.25) is 0 Å². The topological polar surface area (TPSA) is 58.6 Å². The Kier molecular flexibility index (Phi) is 4.79. The molecule has 0 radical (unpaired) electrons. The average Bonchev–Trinajstić information content (AvgIpc) is 2.27. The number of nitrogens with one attached hydrogen (secondary N) is 1. The molecule has 0 aliphatic rings. The summed E-state index contributed by atoms with van der Waals surface area (Å²) >= 11 is 0. The van der Waals surface area contributed by atoms with Gasteiger partial charge in [0.1, 0.15) is 6.61 Å². The van der Waals surface area contributed by atoms with E-state index in [4.69, 9.17) is 4.74 Å². The summed E-state index contributed by atoms with van der Waals surface area (Å²) in [5.74, 6) is 0. The van der Waals surface area contributed by atoms with Gasteiger partial charge >= 0.3 is 6.09 Å². The highest BCUT2D eigenvalue weighted by Crippen LogP contribution is 2.01. The Morgan fingerprint density at radius 3 is 2.56 bits per heavy atom. The molecule has 16 heavy (non-hydrogen) atoms. The first-order chi connectivity index (χ1) is 7.59. The minimum atomic E-state index is -0.593. The summed E-state index contributed by atoms with van der Waals surface area (Å²) < 4.78 is 4.99. The van der Waals surface area contributed by atoms with E-state index < -0.39 is 12.2 Å². The lowest BCUT2D eigenvalue weighted by Gasteiger charge is -2.16. The number of alkyl carbamates (subject to hydrolysis) is 1. The monoisotopic (exact) mass is 223 g/mol. The van der Waals surface area contributed by atoms with Crippen molar-refractivity contribution in [3.05, 3.63) is 35.9 Å². The molecule has 0 saturated carbocycles. The molecule has 2 atom stereocenters. The molecule has 1 rings (SSSR count). The normalized spacial score (nSPS) is 13.9. The van der Waals surface area contributed by atoms with Crippen LogP contribution in [-0.4, -0.2) is 23.3 Å². The van der Waals surface area contributed by atoms with E-state index in [0.717, 1.165) is 5.56 Å². The zero-order valence-electron chi connectivity index (χ0n) is 9.51. The molecular weight excluding hydrogens is 206 g/mol. The second kappa shape index (κ2) is 6.12. The third kappa shape index (κ3) is 4.31. The highest BCUT2D eigenvalue weighted by molar-refractivity contribution is 5.67. The Morgan fingerprint density at radius 2 is 2.00 bits per heavy atom. The fraction of sp³-hybridized carbons (Fsp3) is 0.417. The summed E-state index contributed by atoms with van der Waals surface area (Å²) in [5.41, 5.74) is 0.933. The molecule has 0 fully saturated rings. The summed E-state index contributed by atoms with van der Waals surface area (Å²) in [6.45, 7) is 3.57. The lowest BCUT2D eigenvalue weighted by molar-refractivity contribution is 0.113. The summed E-state index contributed by atoms with van der Waals surface area (Å²) in [5, 5.41) is 11.7. The maximum absolute atomic E-state index is 11.3. The molecule has 0 unspecified atom stereocenters. The van der Waals surface area contributed by atoms with Gasteiger partial charge in [-0.3, -0.25) is 0 Å². The van der Waals surface area contributed by atoms with E-state index in [-0.39, 0.29) is 12.6 Å². The van der Waals surface area contributed by atoms with Gasteiger partial charge in [0.05, 0.1) is 12.1 Å². The number of aliphatic hydroxyl groups is 1. The lowest BCUT2D eigenvalue weighted by Crippen LogP contribution is -2.39. The predicted octanol–water partition coefficient (Wildman–Crippen LogP) is 1.68. The van der Waals surface area contributed by atoms with Gasteiger partial charge < -0.3 is 15.2 Å². The molecule has 1 aromatic rings. The molecule has 0 aliphatic carbocycles. The first-order valence-corrected chi connectivity index (χ1v) is 5.25. The molecule has 0 bridgehead atoms. The van der Waals surface area contributed by atoms with Crippen molar-refractivity contribution < 1.29 is 14.6 Å². The summed E-state index contributed by atoms with van der Waals surface area (Å²) in [6, 6.07) is 9.11. The van der Waals surface area contributed by atoms with Crippen LogP contribution in [0.3, 0.4) is 0 Å². The van der Waals surface area contributed by atoms with Crippen LogP contribution in [0.25, 0.3) is 0 Å². The van der Waals surface area contributed by atoms with Crippen LogP contribution in [0, 0.1) is 0 Å². The molecule has 0 aromatic heterocycles. The van der Waals surface area contributed by atoms with Crippen LogP contribution >= 0.6 is 0 Å². The molecule has 0 spiro atoms. The van der Waals surface area contributed by atoms with Crippen molar-refractivity contribution in [1.82, 2.24) is 5.32 Å². The molecule has 2 N–H and O–H groups in total. The zero-order valence-corrected chi connectivity index (χ0v) is 9.51. The molecule has 4 heteroatoms. The van der Waals surface area contributed by atoms with Crippen molar-refractivity contribution in [1.29, 1.82) is 0 Å². The van der Waals surface area contributed by atoms with Gasteiger partial charge in [-0.25, -0.2) is 4.79 Å². The fourth-order valence-corrected chi connectivity index (χ4v) is 1.07. The minimum Gasteiger partial charge on any atom is -0.445 e. The van der Waals surface area contributed by atoms with E-state index >= 15 is 0 Å². The summed E-state index contributed by atoms with van der Waals surface area (Å²) in [4.78, 5) is 11.3. The highest BCUT2D eigenvalue weighted by Gasteiger charge is 2.12.